The van der Waals surface area contributed by atoms with Gasteiger partial charge < -0.3 is 9.13 Å². The highest BCUT2D eigenvalue weighted by Crippen LogP contribution is 2.45. The predicted molar refractivity (Wildman–Crippen MR) is 228 cm³/mol. The van der Waals surface area contributed by atoms with Gasteiger partial charge >= 0.3 is 0 Å². The predicted octanol–water partition coefficient (Wildman–Crippen LogP) is 14.2. The fourth-order valence-electron chi connectivity index (χ4n) is 8.94. The average molecular weight is 691 g/mol. The lowest BCUT2D eigenvalue weighted by molar-refractivity contribution is 1.18. The van der Waals surface area contributed by atoms with Gasteiger partial charge in [-0.05, 0) is 99.4 Å². The minimum absolute atomic E-state index is 1.17. The molecule has 0 N–H and O–H groups in total. The molecule has 3 aromatic heterocycles. The standard InChI is InChI=1S/C50H30N2S/c1-3-12-33-28-36(23-20-31(33)10-1)51-42-17-7-5-14-39(42)49-44(51)26-27-45-50(49)41-30-35(38-16-9-19-47-48(38)40-15-6-8-18-46(40)53-47)22-25-43(41)52(45)37-24-21-32-11-2-4-13-34(32)29-37/h1-30H. The number of thiophene rings is 1. The van der Waals surface area contributed by atoms with Gasteiger partial charge in [-0.1, -0.05) is 115 Å². The summed E-state index contributed by atoms with van der Waals surface area (Å²) in [7, 11) is 0. The van der Waals surface area contributed by atoms with E-state index in [1.165, 1.54) is 108 Å². The van der Waals surface area contributed by atoms with Crippen molar-refractivity contribution in [2.24, 2.45) is 0 Å². The summed E-state index contributed by atoms with van der Waals surface area (Å²) in [5, 5.41) is 12.7. The van der Waals surface area contributed by atoms with Crippen molar-refractivity contribution in [1.82, 2.24) is 9.13 Å². The first kappa shape index (κ1) is 29.0. The van der Waals surface area contributed by atoms with E-state index < -0.39 is 0 Å². The molecule has 0 radical (unpaired) electrons. The molecule has 0 spiro atoms. The third-order valence-corrected chi connectivity index (χ3v) is 12.4. The minimum Gasteiger partial charge on any atom is -0.309 e. The number of aromatic nitrogens is 2. The van der Waals surface area contributed by atoms with Gasteiger partial charge in [0, 0.05) is 53.1 Å². The van der Waals surface area contributed by atoms with Gasteiger partial charge in [0.25, 0.3) is 0 Å². The van der Waals surface area contributed by atoms with Crippen LogP contribution < -0.4 is 0 Å². The quantitative estimate of drug-likeness (QED) is 0.175. The van der Waals surface area contributed by atoms with Crippen molar-refractivity contribution in [3.8, 4) is 22.5 Å². The van der Waals surface area contributed by atoms with Crippen LogP contribution in [0, 0.1) is 0 Å². The second-order valence-electron chi connectivity index (χ2n) is 14.1. The summed E-state index contributed by atoms with van der Waals surface area (Å²) in [4.78, 5) is 0. The normalized spacial score (nSPS) is 12.2. The molecular weight excluding hydrogens is 661 g/mol. The Hall–Kier alpha value is -6.68. The Morgan fingerprint density at radius 3 is 1.58 bits per heavy atom. The van der Waals surface area contributed by atoms with Crippen LogP contribution in [0.1, 0.15) is 0 Å². The van der Waals surface area contributed by atoms with E-state index in [1.807, 2.05) is 11.3 Å². The van der Waals surface area contributed by atoms with Crippen LogP contribution in [0.2, 0.25) is 0 Å². The molecule has 3 heteroatoms. The second-order valence-corrected chi connectivity index (χ2v) is 15.2. The summed E-state index contributed by atoms with van der Waals surface area (Å²) in [6, 6.07) is 67.3. The van der Waals surface area contributed by atoms with Crippen molar-refractivity contribution in [2.45, 2.75) is 0 Å². The SMILES string of the molecule is c1ccc2cc(-n3c4ccccc4c4c5c6cc(-c7cccc8sc9ccccc9c78)ccc6n(-c6ccc7ccccc7c6)c5ccc43)ccc2c1. The molecule has 0 aliphatic rings. The first-order valence-corrected chi connectivity index (χ1v) is 19.0. The molecule has 2 nitrogen and oxygen atoms in total. The van der Waals surface area contributed by atoms with Crippen LogP contribution in [0.15, 0.2) is 182 Å². The molecule has 53 heavy (non-hydrogen) atoms. The lowest BCUT2D eigenvalue weighted by Crippen LogP contribution is -1.95. The van der Waals surface area contributed by atoms with Crippen molar-refractivity contribution in [2.75, 3.05) is 0 Å². The first-order valence-electron chi connectivity index (χ1n) is 18.2. The van der Waals surface area contributed by atoms with E-state index in [9.17, 15) is 0 Å². The summed E-state index contributed by atoms with van der Waals surface area (Å²) >= 11 is 1.88. The maximum Gasteiger partial charge on any atom is 0.0548 e. The fraction of sp³-hybridized carbons (Fsp3) is 0. The molecule has 0 aliphatic carbocycles. The monoisotopic (exact) mass is 690 g/mol. The average Bonchev–Trinajstić information content (AvgIpc) is 3.88. The Kier molecular flexibility index (Phi) is 5.96. The molecule has 0 saturated carbocycles. The largest absolute Gasteiger partial charge is 0.309 e. The van der Waals surface area contributed by atoms with E-state index in [4.69, 9.17) is 0 Å². The maximum atomic E-state index is 2.48. The summed E-state index contributed by atoms with van der Waals surface area (Å²) in [5.74, 6) is 0. The molecule has 0 atom stereocenters. The van der Waals surface area contributed by atoms with Crippen LogP contribution in [0.25, 0.3) is 108 Å². The molecule has 0 fully saturated rings. The highest BCUT2D eigenvalue weighted by Gasteiger charge is 2.22. The van der Waals surface area contributed by atoms with Gasteiger partial charge in [-0.15, -0.1) is 11.3 Å². The molecule has 0 saturated heterocycles. The molecule has 0 unspecified atom stereocenters. The number of benzene rings is 9. The summed E-state index contributed by atoms with van der Waals surface area (Å²) in [5.41, 5.74) is 9.69. The van der Waals surface area contributed by atoms with Gasteiger partial charge in [0.05, 0.1) is 22.1 Å². The highest BCUT2D eigenvalue weighted by molar-refractivity contribution is 7.25. The minimum atomic E-state index is 1.17. The topological polar surface area (TPSA) is 9.86 Å². The molecule has 12 aromatic rings. The van der Waals surface area contributed by atoms with Crippen molar-refractivity contribution in [1.29, 1.82) is 0 Å². The van der Waals surface area contributed by atoms with Crippen molar-refractivity contribution < 1.29 is 0 Å². The van der Waals surface area contributed by atoms with Gasteiger partial charge in [0.15, 0.2) is 0 Å². The number of rotatable bonds is 3. The van der Waals surface area contributed by atoms with Gasteiger partial charge in [-0.3, -0.25) is 0 Å². The Morgan fingerprint density at radius 1 is 0.321 bits per heavy atom. The maximum absolute atomic E-state index is 2.48. The van der Waals surface area contributed by atoms with Crippen molar-refractivity contribution in [3.05, 3.63) is 182 Å². The first-order chi connectivity index (χ1) is 26.3. The number of hydrogen-bond donors (Lipinski definition) is 0. The number of hydrogen-bond acceptors (Lipinski definition) is 1. The summed E-state index contributed by atoms with van der Waals surface area (Å²) in [6.07, 6.45) is 0. The van der Waals surface area contributed by atoms with Crippen LogP contribution in [-0.4, -0.2) is 9.13 Å². The highest BCUT2D eigenvalue weighted by atomic mass is 32.1. The van der Waals surface area contributed by atoms with Gasteiger partial charge in [-0.2, -0.15) is 0 Å². The van der Waals surface area contributed by atoms with E-state index in [0.717, 1.165) is 0 Å². The van der Waals surface area contributed by atoms with Crippen LogP contribution >= 0.6 is 11.3 Å². The second kappa shape index (κ2) is 10.9. The lowest BCUT2D eigenvalue weighted by atomic mass is 9.97. The van der Waals surface area contributed by atoms with Gasteiger partial charge in [0.2, 0.25) is 0 Å². The third kappa shape index (κ3) is 4.14. The van der Waals surface area contributed by atoms with E-state index >= 15 is 0 Å². The van der Waals surface area contributed by atoms with Crippen molar-refractivity contribution in [3.63, 3.8) is 0 Å². The van der Waals surface area contributed by atoms with Crippen molar-refractivity contribution >= 4 is 96.7 Å². The van der Waals surface area contributed by atoms with E-state index in [1.54, 1.807) is 0 Å². The van der Waals surface area contributed by atoms with E-state index in [0.29, 0.717) is 0 Å². The molecule has 246 valence electrons. The number of para-hydroxylation sites is 1. The molecule has 9 aromatic carbocycles. The summed E-state index contributed by atoms with van der Waals surface area (Å²) < 4.78 is 7.58. The molecule has 3 heterocycles. The van der Waals surface area contributed by atoms with Gasteiger partial charge in [-0.25, -0.2) is 0 Å². The molecular formula is C50H30N2S. The van der Waals surface area contributed by atoms with Crippen LogP contribution in [0.4, 0.5) is 0 Å². The number of nitrogens with zero attached hydrogens (tertiary/aromatic N) is 2. The smallest absolute Gasteiger partial charge is 0.0548 e. The molecule has 0 aliphatic heterocycles. The zero-order valence-electron chi connectivity index (χ0n) is 28.6. The molecule has 12 rings (SSSR count). The molecule has 0 bridgehead atoms. The zero-order chi connectivity index (χ0) is 34.6. The Bertz CT molecular complexity index is 3470. The van der Waals surface area contributed by atoms with Crippen LogP contribution in [0.5, 0.6) is 0 Å². The van der Waals surface area contributed by atoms with E-state index in [2.05, 4.69) is 191 Å². The summed E-state index contributed by atoms with van der Waals surface area (Å²) in [6.45, 7) is 0. The number of fused-ring (bicyclic) bond motifs is 12. The van der Waals surface area contributed by atoms with E-state index in [-0.39, 0.29) is 0 Å². The fourth-order valence-corrected chi connectivity index (χ4v) is 10.1. The Balaban J connectivity index is 1.22. The van der Waals surface area contributed by atoms with Crippen LogP contribution in [0.3, 0.4) is 0 Å². The lowest BCUT2D eigenvalue weighted by Gasteiger charge is -2.11. The Morgan fingerprint density at radius 2 is 0.868 bits per heavy atom. The van der Waals surface area contributed by atoms with Gasteiger partial charge in [0.1, 0.15) is 0 Å². The zero-order valence-corrected chi connectivity index (χ0v) is 29.4. The Labute approximate surface area is 309 Å². The molecule has 0 amide bonds. The van der Waals surface area contributed by atoms with Crippen LogP contribution in [-0.2, 0) is 0 Å². The third-order valence-electron chi connectivity index (χ3n) is 11.3.